The summed E-state index contributed by atoms with van der Waals surface area (Å²) >= 11 is 0. The summed E-state index contributed by atoms with van der Waals surface area (Å²) < 4.78 is 18.1. The highest BCUT2D eigenvalue weighted by Crippen LogP contribution is 2.38. The van der Waals surface area contributed by atoms with Gasteiger partial charge in [-0.05, 0) is 56.5 Å². The summed E-state index contributed by atoms with van der Waals surface area (Å²) in [5, 5.41) is 2.65. The lowest BCUT2D eigenvalue weighted by molar-refractivity contribution is -0.143. The molecule has 1 fully saturated rings. The average molecular weight is 412 g/mol. The smallest absolute Gasteiger partial charge is 0.331 e. The van der Waals surface area contributed by atoms with Gasteiger partial charge in [0.1, 0.15) is 6.61 Å². The average Bonchev–Trinajstić information content (AvgIpc) is 3.53. The van der Waals surface area contributed by atoms with Crippen molar-refractivity contribution in [3.8, 4) is 11.5 Å². The summed E-state index contributed by atoms with van der Waals surface area (Å²) in [5.74, 6) is 0.299. The number of carbonyl (C=O) groups excluding carboxylic acids is 2. The first-order valence-electron chi connectivity index (χ1n) is 10.1. The topological polar surface area (TPSA) is 78.8 Å². The van der Waals surface area contributed by atoms with Gasteiger partial charge in [-0.1, -0.05) is 12.1 Å². The maximum absolute atomic E-state index is 11.9. The number of carbonyl (C=O) groups is 2. The molecule has 1 N–H and O–H groups in total. The van der Waals surface area contributed by atoms with Gasteiger partial charge >= 0.3 is 5.97 Å². The summed E-state index contributed by atoms with van der Waals surface area (Å²) in [6.45, 7) is 4.35. The number of rotatable bonds is 10. The molecule has 0 unspecified atom stereocenters. The highest BCUT2D eigenvalue weighted by molar-refractivity contribution is 5.89. The number of nitrogens with zero attached hydrogens (tertiary/aromatic N) is 1. The van der Waals surface area contributed by atoms with Crippen LogP contribution in [0.15, 0.2) is 36.4 Å². The molecule has 3 rings (SSSR count). The van der Waals surface area contributed by atoms with Crippen molar-refractivity contribution in [3.63, 3.8) is 0 Å². The zero-order chi connectivity index (χ0) is 21.5. The van der Waals surface area contributed by atoms with Crippen molar-refractivity contribution in [1.29, 1.82) is 0 Å². The van der Waals surface area contributed by atoms with Crippen molar-refractivity contribution in [1.82, 2.24) is 9.88 Å². The van der Waals surface area contributed by atoms with Crippen LogP contribution < -0.4 is 14.8 Å². The lowest BCUT2D eigenvalue weighted by Crippen LogP contribution is -2.31. The minimum Gasteiger partial charge on any atom is -0.493 e. The quantitative estimate of drug-likeness (QED) is 0.368. The van der Waals surface area contributed by atoms with Crippen LogP contribution in [0, 0.1) is 13.8 Å². The van der Waals surface area contributed by atoms with Crippen LogP contribution in [0.1, 0.15) is 35.8 Å². The predicted molar refractivity (Wildman–Crippen MR) is 114 cm³/mol. The molecule has 0 atom stereocenters. The summed E-state index contributed by atoms with van der Waals surface area (Å²) in [4.78, 5) is 23.8. The maximum atomic E-state index is 11.9. The Morgan fingerprint density at radius 1 is 1.20 bits per heavy atom. The van der Waals surface area contributed by atoms with E-state index in [2.05, 4.69) is 29.8 Å². The Hall–Kier alpha value is -3.22. The highest BCUT2D eigenvalue weighted by Gasteiger charge is 2.26. The van der Waals surface area contributed by atoms with Gasteiger partial charge in [0, 0.05) is 23.5 Å². The molecule has 7 nitrogen and oxygen atoms in total. The summed E-state index contributed by atoms with van der Waals surface area (Å²) in [6.07, 6.45) is 5.51. The van der Waals surface area contributed by atoms with E-state index in [0.29, 0.717) is 17.5 Å². The van der Waals surface area contributed by atoms with E-state index < -0.39 is 5.97 Å². The zero-order valence-corrected chi connectivity index (χ0v) is 17.6. The maximum Gasteiger partial charge on any atom is 0.331 e. The third-order valence-electron chi connectivity index (χ3n) is 4.93. The normalized spacial score (nSPS) is 13.3. The molecule has 30 heavy (non-hydrogen) atoms. The van der Waals surface area contributed by atoms with Gasteiger partial charge in [0.15, 0.2) is 18.1 Å². The zero-order valence-electron chi connectivity index (χ0n) is 17.6. The largest absolute Gasteiger partial charge is 0.493 e. The number of amides is 1. The van der Waals surface area contributed by atoms with Gasteiger partial charge in [0.05, 0.1) is 13.7 Å². The van der Waals surface area contributed by atoms with Gasteiger partial charge in [0.2, 0.25) is 0 Å². The third-order valence-corrected chi connectivity index (χ3v) is 4.93. The number of aryl methyl sites for hydroxylation is 1. The first kappa shape index (κ1) is 21.5. The van der Waals surface area contributed by atoms with Crippen LogP contribution in [-0.4, -0.2) is 43.3 Å². The Balaban J connectivity index is 1.37. The molecule has 1 heterocycles. The van der Waals surface area contributed by atoms with Crippen LogP contribution in [0.2, 0.25) is 0 Å². The molecule has 7 heteroatoms. The van der Waals surface area contributed by atoms with Gasteiger partial charge in [-0.2, -0.15) is 0 Å². The van der Waals surface area contributed by atoms with Crippen molar-refractivity contribution in [2.75, 3.05) is 26.9 Å². The molecule has 160 valence electrons. The van der Waals surface area contributed by atoms with E-state index in [9.17, 15) is 9.59 Å². The minimum atomic E-state index is -0.549. The fourth-order valence-electron chi connectivity index (χ4n) is 3.35. The molecule has 1 aromatic carbocycles. The number of nitrogens with one attached hydrogen (secondary N) is 1. The highest BCUT2D eigenvalue weighted by atomic mass is 16.5. The molecule has 1 aliphatic rings. The number of ether oxygens (including phenoxy) is 3. The number of esters is 1. The van der Waals surface area contributed by atoms with Crippen LogP contribution in [0.4, 0.5) is 0 Å². The van der Waals surface area contributed by atoms with E-state index in [1.807, 2.05) is 12.1 Å². The van der Waals surface area contributed by atoms with Gasteiger partial charge in [-0.25, -0.2) is 4.79 Å². The van der Waals surface area contributed by atoms with Crippen LogP contribution in [0.25, 0.3) is 6.08 Å². The van der Waals surface area contributed by atoms with Crippen molar-refractivity contribution < 1.29 is 23.8 Å². The van der Waals surface area contributed by atoms with Crippen LogP contribution in [0.5, 0.6) is 11.5 Å². The lowest BCUT2D eigenvalue weighted by atomic mass is 10.2. The molecule has 1 saturated carbocycles. The Morgan fingerprint density at radius 3 is 2.63 bits per heavy atom. The van der Waals surface area contributed by atoms with E-state index in [0.717, 1.165) is 11.3 Å². The van der Waals surface area contributed by atoms with E-state index in [-0.39, 0.29) is 25.7 Å². The Kier molecular flexibility index (Phi) is 7.17. The molecule has 1 amide bonds. The molecule has 0 spiro atoms. The molecule has 0 aliphatic heterocycles. The monoisotopic (exact) mass is 412 g/mol. The van der Waals surface area contributed by atoms with Gasteiger partial charge in [0.25, 0.3) is 5.91 Å². The first-order valence-corrected chi connectivity index (χ1v) is 10.1. The van der Waals surface area contributed by atoms with Crippen LogP contribution in [0.3, 0.4) is 0 Å². The van der Waals surface area contributed by atoms with Crippen molar-refractivity contribution in [2.45, 2.75) is 32.7 Å². The van der Waals surface area contributed by atoms with E-state index in [4.69, 9.17) is 14.2 Å². The molecule has 1 aromatic heterocycles. The van der Waals surface area contributed by atoms with Gasteiger partial charge < -0.3 is 24.1 Å². The second kappa shape index (κ2) is 10.0. The molecule has 2 aromatic rings. The predicted octanol–water partition coefficient (Wildman–Crippen LogP) is 3.20. The van der Waals surface area contributed by atoms with Crippen LogP contribution in [-0.2, 0) is 14.3 Å². The number of hydrogen-bond acceptors (Lipinski definition) is 5. The van der Waals surface area contributed by atoms with Crippen molar-refractivity contribution in [2.24, 2.45) is 0 Å². The van der Waals surface area contributed by atoms with Crippen LogP contribution >= 0.6 is 0 Å². The molecular formula is C23H28N2O5. The van der Waals surface area contributed by atoms with Gasteiger partial charge in [-0.15, -0.1) is 0 Å². The first-order chi connectivity index (χ1) is 14.5. The van der Waals surface area contributed by atoms with E-state index in [1.165, 1.54) is 24.6 Å². The fourth-order valence-corrected chi connectivity index (χ4v) is 3.35. The fraction of sp³-hybridized carbons (Fsp3) is 0.391. The SMILES string of the molecule is COc1ccccc1OCCNC(=O)COC(=O)/C=C/c1cc(C)n(C2CC2)c1C. The van der Waals surface area contributed by atoms with Gasteiger partial charge in [-0.3, -0.25) is 4.79 Å². The second-order valence-electron chi connectivity index (χ2n) is 7.22. The lowest BCUT2D eigenvalue weighted by Gasteiger charge is -2.10. The van der Waals surface area contributed by atoms with Crippen molar-refractivity contribution >= 4 is 18.0 Å². The molecule has 0 saturated heterocycles. The summed E-state index contributed by atoms with van der Waals surface area (Å²) in [7, 11) is 1.57. The third kappa shape index (κ3) is 5.65. The number of methoxy groups -OCH3 is 1. The Morgan fingerprint density at radius 2 is 1.93 bits per heavy atom. The Labute approximate surface area is 176 Å². The molecule has 0 radical (unpaired) electrons. The Bertz CT molecular complexity index is 928. The number of para-hydroxylation sites is 2. The minimum absolute atomic E-state index is 0.274. The number of benzene rings is 1. The molecular weight excluding hydrogens is 384 g/mol. The number of aromatic nitrogens is 1. The molecule has 0 bridgehead atoms. The van der Waals surface area contributed by atoms with E-state index in [1.54, 1.807) is 25.3 Å². The van der Waals surface area contributed by atoms with E-state index >= 15 is 0 Å². The summed E-state index contributed by atoms with van der Waals surface area (Å²) in [5.41, 5.74) is 3.33. The summed E-state index contributed by atoms with van der Waals surface area (Å²) in [6, 6.07) is 9.93. The standard InChI is InChI=1S/C23H28N2O5/c1-16-14-18(17(2)25(16)19-9-10-19)8-11-23(27)30-15-22(26)24-12-13-29-21-7-5-4-6-20(21)28-3/h4-8,11,14,19H,9-10,12-13,15H2,1-3H3,(H,24,26)/b11-8+. The second-order valence-corrected chi connectivity index (χ2v) is 7.22. The number of hydrogen-bond donors (Lipinski definition) is 1. The van der Waals surface area contributed by atoms with Crippen molar-refractivity contribution in [3.05, 3.63) is 53.4 Å². The molecule has 1 aliphatic carbocycles.